The molecule has 0 heterocycles. The van der Waals surface area contributed by atoms with Crippen molar-refractivity contribution in [3.05, 3.63) is 70.2 Å². The number of benzene rings is 2. The third kappa shape index (κ3) is 6.70. The average molecular weight is 388 g/mol. The van der Waals surface area contributed by atoms with E-state index in [9.17, 15) is 9.59 Å². The largest absolute Gasteiger partial charge is 0.350 e. The maximum atomic E-state index is 12.1. The highest BCUT2D eigenvalue weighted by atomic mass is 35.5. The molecule has 2 rings (SSSR count). The van der Waals surface area contributed by atoms with E-state index in [4.69, 9.17) is 11.6 Å². The molecule has 0 saturated heterocycles. The second-order valence-corrected chi connectivity index (χ2v) is 6.63. The van der Waals surface area contributed by atoms with Crippen molar-refractivity contribution in [1.82, 2.24) is 15.5 Å². The van der Waals surface area contributed by atoms with Crippen molar-refractivity contribution in [3.63, 3.8) is 0 Å². The van der Waals surface area contributed by atoms with Crippen molar-refractivity contribution >= 4 is 23.4 Å². The first kappa shape index (κ1) is 20.9. The summed E-state index contributed by atoms with van der Waals surface area (Å²) in [7, 11) is 0. The molecule has 0 aliphatic rings. The van der Waals surface area contributed by atoms with Gasteiger partial charge in [0.05, 0.1) is 6.54 Å². The van der Waals surface area contributed by atoms with E-state index >= 15 is 0 Å². The molecule has 2 amide bonds. The normalized spacial score (nSPS) is 10.7. The Kier molecular flexibility index (Phi) is 8.30. The van der Waals surface area contributed by atoms with Gasteiger partial charge in [0.15, 0.2) is 0 Å². The molecule has 2 aromatic carbocycles. The molecular formula is C21H26ClN3O2. The minimum Gasteiger partial charge on any atom is -0.350 e. The van der Waals surface area contributed by atoms with Gasteiger partial charge in [0.25, 0.3) is 5.91 Å². The van der Waals surface area contributed by atoms with E-state index in [0.717, 1.165) is 25.2 Å². The summed E-state index contributed by atoms with van der Waals surface area (Å²) in [5.74, 6) is -0.529. The van der Waals surface area contributed by atoms with Crippen molar-refractivity contribution in [2.75, 3.05) is 19.6 Å². The summed E-state index contributed by atoms with van der Waals surface area (Å²) in [6, 6.07) is 14.6. The van der Waals surface area contributed by atoms with Gasteiger partial charge in [-0.1, -0.05) is 49.7 Å². The van der Waals surface area contributed by atoms with E-state index in [0.29, 0.717) is 17.1 Å². The van der Waals surface area contributed by atoms with Crippen LogP contribution in [0.3, 0.4) is 0 Å². The van der Waals surface area contributed by atoms with E-state index in [1.54, 1.807) is 24.3 Å². The molecule has 27 heavy (non-hydrogen) atoms. The van der Waals surface area contributed by atoms with Gasteiger partial charge < -0.3 is 10.6 Å². The third-order valence-corrected chi connectivity index (χ3v) is 4.65. The zero-order valence-corrected chi connectivity index (χ0v) is 16.6. The topological polar surface area (TPSA) is 61.4 Å². The Morgan fingerprint density at radius 3 is 2.19 bits per heavy atom. The summed E-state index contributed by atoms with van der Waals surface area (Å²) < 4.78 is 0. The molecule has 144 valence electrons. The number of carbonyl (C=O) groups is 2. The fourth-order valence-electron chi connectivity index (χ4n) is 2.69. The molecule has 0 spiro atoms. The lowest BCUT2D eigenvalue weighted by atomic mass is 10.1. The quantitative estimate of drug-likeness (QED) is 0.694. The molecule has 0 atom stereocenters. The number of nitrogens with one attached hydrogen (secondary N) is 2. The van der Waals surface area contributed by atoms with Crippen LogP contribution in [-0.4, -0.2) is 36.3 Å². The maximum Gasteiger partial charge on any atom is 0.251 e. The van der Waals surface area contributed by atoms with Crippen LogP contribution in [0.2, 0.25) is 5.02 Å². The molecule has 0 aliphatic carbocycles. The first-order chi connectivity index (χ1) is 13.0. The number of amides is 2. The highest BCUT2D eigenvalue weighted by Crippen LogP contribution is 2.12. The van der Waals surface area contributed by atoms with Crippen LogP contribution in [0.15, 0.2) is 48.5 Å². The minimum absolute atomic E-state index is 0.0698. The standard InChI is InChI=1S/C21H26ClN3O2/c1-3-25(4-2)15-18-8-6-5-7-17(18)13-23-20(26)14-24-21(27)16-9-11-19(22)12-10-16/h5-12H,3-4,13-15H2,1-2H3,(H,23,26)(H,24,27). The van der Waals surface area contributed by atoms with Gasteiger partial charge in [0.2, 0.25) is 5.91 Å². The molecule has 6 heteroatoms. The number of rotatable bonds is 9. The summed E-state index contributed by atoms with van der Waals surface area (Å²) >= 11 is 5.81. The molecule has 0 aliphatic heterocycles. The number of halogens is 1. The van der Waals surface area contributed by atoms with Crippen LogP contribution < -0.4 is 10.6 Å². The average Bonchev–Trinajstić information content (AvgIpc) is 2.69. The number of hydrogen-bond donors (Lipinski definition) is 2. The van der Waals surface area contributed by atoms with Crippen molar-refractivity contribution in [2.45, 2.75) is 26.9 Å². The number of nitrogens with zero attached hydrogens (tertiary/aromatic N) is 1. The molecule has 0 bridgehead atoms. The summed E-state index contributed by atoms with van der Waals surface area (Å²) in [5.41, 5.74) is 2.75. The summed E-state index contributed by atoms with van der Waals surface area (Å²) in [6.45, 7) is 7.45. The first-order valence-corrected chi connectivity index (χ1v) is 9.50. The Bertz CT molecular complexity index is 758. The molecule has 2 aromatic rings. The Labute approximate surface area is 165 Å². The monoisotopic (exact) mass is 387 g/mol. The molecule has 0 saturated carbocycles. The molecule has 5 nitrogen and oxygen atoms in total. The van der Waals surface area contributed by atoms with Crippen LogP contribution in [0.5, 0.6) is 0 Å². The van der Waals surface area contributed by atoms with Crippen LogP contribution in [0.1, 0.15) is 35.3 Å². The molecule has 0 fully saturated rings. The molecule has 0 radical (unpaired) electrons. The minimum atomic E-state index is -0.302. The Balaban J connectivity index is 1.85. The maximum absolute atomic E-state index is 12.1. The second-order valence-electron chi connectivity index (χ2n) is 6.20. The fourth-order valence-corrected chi connectivity index (χ4v) is 2.82. The van der Waals surface area contributed by atoms with Gasteiger partial charge >= 0.3 is 0 Å². The highest BCUT2D eigenvalue weighted by molar-refractivity contribution is 6.30. The second kappa shape index (κ2) is 10.7. The van der Waals surface area contributed by atoms with Crippen molar-refractivity contribution in [1.29, 1.82) is 0 Å². The van der Waals surface area contributed by atoms with E-state index in [-0.39, 0.29) is 18.4 Å². The van der Waals surface area contributed by atoms with Gasteiger partial charge in [-0.25, -0.2) is 0 Å². The van der Waals surface area contributed by atoms with Crippen LogP contribution >= 0.6 is 11.6 Å². The summed E-state index contributed by atoms with van der Waals surface area (Å²) in [4.78, 5) is 26.5. The predicted octanol–water partition coefficient (Wildman–Crippen LogP) is 3.23. The van der Waals surface area contributed by atoms with Crippen LogP contribution in [0.4, 0.5) is 0 Å². The zero-order valence-electron chi connectivity index (χ0n) is 15.8. The van der Waals surface area contributed by atoms with Crippen molar-refractivity contribution < 1.29 is 9.59 Å². The van der Waals surface area contributed by atoms with Gasteiger partial charge in [0.1, 0.15) is 0 Å². The highest BCUT2D eigenvalue weighted by Gasteiger charge is 2.10. The Morgan fingerprint density at radius 2 is 1.56 bits per heavy atom. The number of hydrogen-bond acceptors (Lipinski definition) is 3. The Morgan fingerprint density at radius 1 is 0.926 bits per heavy atom. The first-order valence-electron chi connectivity index (χ1n) is 9.13. The SMILES string of the molecule is CCN(CC)Cc1ccccc1CNC(=O)CNC(=O)c1ccc(Cl)cc1. The molecule has 2 N–H and O–H groups in total. The van der Waals surface area contributed by atoms with Crippen LogP contribution in [-0.2, 0) is 17.9 Å². The lowest BCUT2D eigenvalue weighted by Crippen LogP contribution is -2.36. The summed E-state index contributed by atoms with van der Waals surface area (Å²) in [5, 5.41) is 6.05. The van der Waals surface area contributed by atoms with E-state index < -0.39 is 0 Å². The molecule has 0 unspecified atom stereocenters. The molecular weight excluding hydrogens is 362 g/mol. The van der Waals surface area contributed by atoms with Crippen LogP contribution in [0, 0.1) is 0 Å². The van der Waals surface area contributed by atoms with Crippen molar-refractivity contribution in [3.8, 4) is 0 Å². The molecule has 0 aromatic heterocycles. The van der Waals surface area contributed by atoms with Crippen LogP contribution in [0.25, 0.3) is 0 Å². The Hall–Kier alpha value is -2.37. The predicted molar refractivity (Wildman–Crippen MR) is 109 cm³/mol. The van der Waals surface area contributed by atoms with Gasteiger partial charge in [-0.3, -0.25) is 14.5 Å². The van der Waals surface area contributed by atoms with E-state index in [1.165, 1.54) is 5.56 Å². The van der Waals surface area contributed by atoms with E-state index in [2.05, 4.69) is 35.4 Å². The summed E-state index contributed by atoms with van der Waals surface area (Å²) in [6.07, 6.45) is 0. The van der Waals surface area contributed by atoms with Gasteiger partial charge in [-0.2, -0.15) is 0 Å². The van der Waals surface area contributed by atoms with Crippen molar-refractivity contribution in [2.24, 2.45) is 0 Å². The van der Waals surface area contributed by atoms with Gasteiger partial charge in [-0.05, 0) is 48.5 Å². The zero-order chi connectivity index (χ0) is 19.6. The smallest absolute Gasteiger partial charge is 0.251 e. The third-order valence-electron chi connectivity index (χ3n) is 4.40. The van der Waals surface area contributed by atoms with Gasteiger partial charge in [-0.15, -0.1) is 0 Å². The lowest BCUT2D eigenvalue weighted by Gasteiger charge is -2.20. The van der Waals surface area contributed by atoms with Gasteiger partial charge in [0, 0.05) is 23.7 Å². The van der Waals surface area contributed by atoms with E-state index in [1.807, 2.05) is 18.2 Å². The number of carbonyl (C=O) groups excluding carboxylic acids is 2. The lowest BCUT2D eigenvalue weighted by molar-refractivity contribution is -0.120. The fraction of sp³-hybridized carbons (Fsp3) is 0.333.